The Kier molecular flexibility index (Phi) is 5.36. The summed E-state index contributed by atoms with van der Waals surface area (Å²) >= 11 is 1.64. The van der Waals surface area contributed by atoms with E-state index in [0.717, 1.165) is 22.8 Å². The highest BCUT2D eigenvalue weighted by Crippen LogP contribution is 2.23. The fourth-order valence-corrected chi connectivity index (χ4v) is 2.82. The highest BCUT2D eigenvalue weighted by molar-refractivity contribution is 7.10. The van der Waals surface area contributed by atoms with E-state index in [2.05, 4.69) is 53.9 Å². The molecule has 4 nitrogen and oxygen atoms in total. The maximum Gasteiger partial charge on any atom is 0.221 e. The molecule has 5 heteroatoms. The number of nitrogens with one attached hydrogen (secondary N) is 2. The van der Waals surface area contributed by atoms with Gasteiger partial charge in [0.1, 0.15) is 0 Å². The molecule has 0 bridgehead atoms. The molecule has 21 heavy (non-hydrogen) atoms. The second-order valence-corrected chi connectivity index (χ2v) is 6.23. The van der Waals surface area contributed by atoms with Crippen LogP contribution in [-0.2, 0) is 17.9 Å². The summed E-state index contributed by atoms with van der Waals surface area (Å²) in [6, 6.07) is 10.4. The quantitative estimate of drug-likeness (QED) is 0.860. The number of anilines is 2. The van der Waals surface area contributed by atoms with E-state index >= 15 is 0 Å². The van der Waals surface area contributed by atoms with Crippen LogP contribution in [0.4, 0.5) is 11.4 Å². The number of amides is 1. The molecular weight excluding hydrogens is 282 g/mol. The van der Waals surface area contributed by atoms with Crippen molar-refractivity contribution in [2.75, 3.05) is 24.7 Å². The van der Waals surface area contributed by atoms with Crippen molar-refractivity contribution in [3.8, 4) is 0 Å². The zero-order chi connectivity index (χ0) is 15.2. The largest absolute Gasteiger partial charge is 0.380 e. The monoisotopic (exact) mass is 303 g/mol. The van der Waals surface area contributed by atoms with E-state index in [9.17, 15) is 4.79 Å². The molecule has 2 N–H and O–H groups in total. The average Bonchev–Trinajstić information content (AvgIpc) is 2.84. The molecule has 1 aromatic heterocycles. The van der Waals surface area contributed by atoms with Crippen LogP contribution in [0.1, 0.15) is 17.4 Å². The molecule has 1 heterocycles. The van der Waals surface area contributed by atoms with Gasteiger partial charge in [0.05, 0.1) is 12.2 Å². The molecule has 0 aliphatic rings. The van der Waals surface area contributed by atoms with Crippen molar-refractivity contribution in [2.45, 2.75) is 20.0 Å². The van der Waals surface area contributed by atoms with E-state index in [1.54, 1.807) is 11.3 Å². The number of hydrogen-bond donors (Lipinski definition) is 2. The molecule has 0 saturated carbocycles. The predicted octanol–water partition coefficient (Wildman–Crippen LogP) is 3.38. The van der Waals surface area contributed by atoms with Gasteiger partial charge in [-0.1, -0.05) is 12.1 Å². The lowest BCUT2D eigenvalue weighted by molar-refractivity contribution is -0.114. The van der Waals surface area contributed by atoms with Gasteiger partial charge >= 0.3 is 0 Å². The lowest BCUT2D eigenvalue weighted by Crippen LogP contribution is -2.10. The number of benzene rings is 1. The second kappa shape index (κ2) is 7.24. The maximum atomic E-state index is 11.1. The van der Waals surface area contributed by atoms with Gasteiger partial charge in [0.2, 0.25) is 5.91 Å². The van der Waals surface area contributed by atoms with E-state index in [1.807, 2.05) is 11.4 Å². The second-order valence-electron chi connectivity index (χ2n) is 5.23. The zero-order valence-electron chi connectivity index (χ0n) is 12.6. The van der Waals surface area contributed by atoms with Gasteiger partial charge in [-0.15, -0.1) is 11.3 Å². The van der Waals surface area contributed by atoms with Crippen molar-refractivity contribution < 1.29 is 4.79 Å². The number of thiophene rings is 1. The summed E-state index contributed by atoms with van der Waals surface area (Å²) in [6.45, 7) is 3.18. The topological polar surface area (TPSA) is 44.4 Å². The predicted molar refractivity (Wildman–Crippen MR) is 89.8 cm³/mol. The fourth-order valence-electron chi connectivity index (χ4n) is 2.05. The van der Waals surface area contributed by atoms with Crippen molar-refractivity contribution >= 4 is 28.6 Å². The summed E-state index contributed by atoms with van der Waals surface area (Å²) in [5.74, 6) is -0.0392. The molecule has 112 valence electrons. The van der Waals surface area contributed by atoms with Crippen LogP contribution in [0.25, 0.3) is 0 Å². The van der Waals surface area contributed by atoms with Gasteiger partial charge in [-0.05, 0) is 43.2 Å². The molecule has 2 aromatic rings. The Morgan fingerprint density at radius 3 is 2.52 bits per heavy atom. The molecule has 2 rings (SSSR count). The highest BCUT2D eigenvalue weighted by atomic mass is 32.1. The van der Waals surface area contributed by atoms with E-state index in [4.69, 9.17) is 0 Å². The Morgan fingerprint density at radius 2 is 1.90 bits per heavy atom. The third-order valence-corrected chi connectivity index (χ3v) is 3.88. The summed E-state index contributed by atoms with van der Waals surface area (Å²) in [5.41, 5.74) is 3.27. The van der Waals surface area contributed by atoms with Crippen LogP contribution >= 0.6 is 11.3 Å². The van der Waals surface area contributed by atoms with Crippen molar-refractivity contribution in [3.05, 3.63) is 46.2 Å². The number of hydrogen-bond acceptors (Lipinski definition) is 4. The van der Waals surface area contributed by atoms with Crippen LogP contribution in [0.2, 0.25) is 0 Å². The Bertz CT molecular complexity index is 590. The van der Waals surface area contributed by atoms with E-state index < -0.39 is 0 Å². The third kappa shape index (κ3) is 4.88. The van der Waals surface area contributed by atoms with E-state index in [-0.39, 0.29) is 5.91 Å². The minimum atomic E-state index is -0.0392. The van der Waals surface area contributed by atoms with Gasteiger partial charge < -0.3 is 15.5 Å². The average molecular weight is 303 g/mol. The molecule has 0 radical (unpaired) electrons. The lowest BCUT2D eigenvalue weighted by atomic mass is 10.2. The molecule has 0 fully saturated rings. The lowest BCUT2D eigenvalue weighted by Gasteiger charge is -2.11. The minimum absolute atomic E-state index is 0.0392. The molecule has 0 unspecified atom stereocenters. The molecule has 0 atom stereocenters. The van der Waals surface area contributed by atoms with Crippen molar-refractivity contribution in [2.24, 2.45) is 0 Å². The van der Waals surface area contributed by atoms with Crippen LogP contribution in [-0.4, -0.2) is 24.9 Å². The zero-order valence-corrected chi connectivity index (χ0v) is 13.5. The van der Waals surface area contributed by atoms with Gasteiger partial charge in [-0.2, -0.15) is 0 Å². The normalized spacial score (nSPS) is 10.7. The molecule has 0 aliphatic heterocycles. The Hall–Kier alpha value is -1.85. The summed E-state index contributed by atoms with van der Waals surface area (Å²) in [7, 11) is 4.12. The summed E-state index contributed by atoms with van der Waals surface area (Å²) < 4.78 is 0. The Morgan fingerprint density at radius 1 is 1.19 bits per heavy atom. The molecule has 0 aliphatic carbocycles. The van der Waals surface area contributed by atoms with Crippen LogP contribution in [0, 0.1) is 0 Å². The van der Waals surface area contributed by atoms with Gasteiger partial charge in [0, 0.05) is 24.0 Å². The molecule has 0 spiro atoms. The first kappa shape index (κ1) is 15.5. The minimum Gasteiger partial charge on any atom is -0.380 e. The SMILES string of the molecule is CC(=O)Nc1ccsc1CNc1ccc(CN(C)C)cc1. The first-order chi connectivity index (χ1) is 10.0. The van der Waals surface area contributed by atoms with Crippen molar-refractivity contribution in [3.63, 3.8) is 0 Å². The van der Waals surface area contributed by atoms with Gasteiger partial charge in [0.25, 0.3) is 0 Å². The molecule has 1 amide bonds. The molecular formula is C16H21N3OS. The summed E-state index contributed by atoms with van der Waals surface area (Å²) in [5, 5.41) is 8.22. The molecule has 0 saturated heterocycles. The highest BCUT2D eigenvalue weighted by Gasteiger charge is 2.05. The first-order valence-electron chi connectivity index (χ1n) is 6.86. The van der Waals surface area contributed by atoms with Crippen LogP contribution in [0.5, 0.6) is 0 Å². The Balaban J connectivity index is 1.94. The van der Waals surface area contributed by atoms with Crippen molar-refractivity contribution in [1.29, 1.82) is 0 Å². The summed E-state index contributed by atoms with van der Waals surface area (Å²) in [4.78, 5) is 14.4. The maximum absolute atomic E-state index is 11.1. The molecule has 1 aromatic carbocycles. The van der Waals surface area contributed by atoms with Crippen LogP contribution in [0.15, 0.2) is 35.7 Å². The number of nitrogens with zero attached hydrogens (tertiary/aromatic N) is 1. The van der Waals surface area contributed by atoms with Gasteiger partial charge in [0.15, 0.2) is 0 Å². The number of rotatable bonds is 6. The fraction of sp³-hybridized carbons (Fsp3) is 0.312. The van der Waals surface area contributed by atoms with E-state index in [1.165, 1.54) is 12.5 Å². The number of carbonyl (C=O) groups excluding carboxylic acids is 1. The Labute approximate surface area is 129 Å². The summed E-state index contributed by atoms with van der Waals surface area (Å²) in [6.07, 6.45) is 0. The standard InChI is InChI=1S/C16H21N3OS/c1-12(20)18-15-8-9-21-16(15)10-17-14-6-4-13(5-7-14)11-19(2)3/h4-9,17H,10-11H2,1-3H3,(H,18,20). The first-order valence-corrected chi connectivity index (χ1v) is 7.74. The van der Waals surface area contributed by atoms with Crippen LogP contribution in [0.3, 0.4) is 0 Å². The van der Waals surface area contributed by atoms with Gasteiger partial charge in [-0.25, -0.2) is 0 Å². The van der Waals surface area contributed by atoms with Gasteiger partial charge in [-0.3, -0.25) is 4.79 Å². The van der Waals surface area contributed by atoms with E-state index in [0.29, 0.717) is 6.54 Å². The third-order valence-electron chi connectivity index (χ3n) is 2.96. The van der Waals surface area contributed by atoms with Crippen molar-refractivity contribution in [1.82, 2.24) is 4.90 Å². The van der Waals surface area contributed by atoms with Crippen LogP contribution < -0.4 is 10.6 Å². The smallest absolute Gasteiger partial charge is 0.221 e. The number of carbonyl (C=O) groups is 1.